The van der Waals surface area contributed by atoms with Gasteiger partial charge in [0.05, 0.1) is 13.2 Å². The zero-order chi connectivity index (χ0) is 22.9. The van der Waals surface area contributed by atoms with Crippen LogP contribution in [0.15, 0.2) is 54.6 Å². The Kier molecular flexibility index (Phi) is 8.47. The Morgan fingerprint density at radius 3 is 2.70 bits per heavy atom. The molecule has 0 atom stereocenters. The van der Waals surface area contributed by atoms with Crippen LogP contribution < -0.4 is 4.74 Å². The van der Waals surface area contributed by atoms with E-state index in [4.69, 9.17) is 11.2 Å². The van der Waals surface area contributed by atoms with Crippen LogP contribution in [0.25, 0.3) is 10.9 Å². The lowest BCUT2D eigenvalue weighted by atomic mass is 9.91. The maximum Gasteiger partial charge on any atom is 0.120 e. The summed E-state index contributed by atoms with van der Waals surface area (Å²) in [4.78, 5) is 8.19. The van der Waals surface area contributed by atoms with Crippen LogP contribution in [-0.4, -0.2) is 48.1 Å². The van der Waals surface area contributed by atoms with Crippen LogP contribution in [0.3, 0.4) is 0 Å². The predicted octanol–water partition coefficient (Wildman–Crippen LogP) is 5.69. The number of hydrogen-bond donors (Lipinski definition) is 1. The van der Waals surface area contributed by atoms with E-state index in [1.165, 1.54) is 55.4 Å². The molecule has 0 radical (unpaired) electrons. The Bertz CT molecular complexity index is 1030. The van der Waals surface area contributed by atoms with E-state index in [0.717, 1.165) is 43.3 Å². The number of hydrogen-bond acceptors (Lipinski definition) is 3. The minimum atomic E-state index is 0.649. The maximum atomic E-state index is 6.06. The molecule has 1 aliphatic rings. The number of fused-ring (bicyclic) bond motifs is 1. The third-order valence-corrected chi connectivity index (χ3v) is 6.68. The number of aromatic nitrogens is 1. The lowest BCUT2D eigenvalue weighted by Gasteiger charge is -2.32. The number of aromatic amines is 1. The fourth-order valence-electron chi connectivity index (χ4n) is 4.85. The van der Waals surface area contributed by atoms with Crippen LogP contribution in [0.5, 0.6) is 5.75 Å². The molecule has 1 aliphatic heterocycles. The Labute approximate surface area is 198 Å². The van der Waals surface area contributed by atoms with E-state index in [-0.39, 0.29) is 0 Å². The number of terminal acetylenes is 1. The minimum absolute atomic E-state index is 0.649. The normalized spacial score (nSPS) is 15.2. The van der Waals surface area contributed by atoms with Crippen molar-refractivity contribution in [2.24, 2.45) is 5.92 Å². The number of likely N-dealkylation sites (tertiary alicyclic amines) is 1. The summed E-state index contributed by atoms with van der Waals surface area (Å²) < 4.78 is 6.06. The molecule has 3 aromatic rings. The lowest BCUT2D eigenvalue weighted by Crippen LogP contribution is -2.33. The van der Waals surface area contributed by atoms with E-state index in [1.807, 2.05) is 7.05 Å². The average molecular weight is 444 g/mol. The van der Waals surface area contributed by atoms with Gasteiger partial charge in [0.25, 0.3) is 0 Å². The molecule has 4 rings (SSSR count). The molecule has 1 aromatic heterocycles. The topological polar surface area (TPSA) is 31.5 Å². The number of benzene rings is 2. The summed E-state index contributed by atoms with van der Waals surface area (Å²) in [7, 11) is 2.04. The van der Waals surface area contributed by atoms with E-state index in [2.05, 4.69) is 75.3 Å². The summed E-state index contributed by atoms with van der Waals surface area (Å²) in [6.45, 7) is 5.81. The molecule has 1 fully saturated rings. The molecule has 0 bridgehead atoms. The molecule has 0 spiro atoms. The molecule has 0 aliphatic carbocycles. The van der Waals surface area contributed by atoms with Gasteiger partial charge in [-0.1, -0.05) is 42.7 Å². The van der Waals surface area contributed by atoms with E-state index in [0.29, 0.717) is 6.54 Å². The number of piperidine rings is 1. The summed E-state index contributed by atoms with van der Waals surface area (Å²) >= 11 is 0. The van der Waals surface area contributed by atoms with Crippen molar-refractivity contribution in [3.63, 3.8) is 0 Å². The first-order chi connectivity index (χ1) is 16.2. The van der Waals surface area contributed by atoms with Crippen molar-refractivity contribution in [1.82, 2.24) is 14.8 Å². The summed E-state index contributed by atoms with van der Waals surface area (Å²) in [6, 6.07) is 19.3. The minimum Gasteiger partial charge on any atom is -0.494 e. The van der Waals surface area contributed by atoms with Crippen molar-refractivity contribution >= 4 is 10.9 Å². The van der Waals surface area contributed by atoms with E-state index in [1.54, 1.807) is 0 Å². The van der Waals surface area contributed by atoms with Gasteiger partial charge >= 0.3 is 0 Å². The van der Waals surface area contributed by atoms with Crippen molar-refractivity contribution in [2.75, 3.05) is 33.3 Å². The standard InChI is InChI=1S/C29H37N3O/c1-3-16-31(2)23-27-20-26-21-28(12-13-29(26)30-27)33-19-8-7-9-24-14-17-32(18-15-24)22-25-10-5-4-6-11-25/h1,4-6,10-13,20-21,24,30H,7-9,14-19,22-23H2,2H3. The van der Waals surface area contributed by atoms with Crippen LogP contribution in [0, 0.1) is 18.3 Å². The molecule has 1 saturated heterocycles. The Morgan fingerprint density at radius 2 is 1.91 bits per heavy atom. The number of H-pyrrole nitrogens is 1. The third-order valence-electron chi connectivity index (χ3n) is 6.68. The fraction of sp³-hybridized carbons (Fsp3) is 0.448. The van der Waals surface area contributed by atoms with Gasteiger partial charge < -0.3 is 9.72 Å². The molecule has 174 valence electrons. The van der Waals surface area contributed by atoms with Crippen molar-refractivity contribution in [2.45, 2.75) is 45.2 Å². The van der Waals surface area contributed by atoms with Gasteiger partial charge in [0.2, 0.25) is 0 Å². The Hall–Kier alpha value is -2.74. The maximum absolute atomic E-state index is 6.06. The van der Waals surface area contributed by atoms with Gasteiger partial charge in [-0.3, -0.25) is 9.80 Å². The highest BCUT2D eigenvalue weighted by molar-refractivity contribution is 5.81. The first-order valence-corrected chi connectivity index (χ1v) is 12.3. The van der Waals surface area contributed by atoms with Crippen LogP contribution in [0.1, 0.15) is 43.4 Å². The van der Waals surface area contributed by atoms with Gasteiger partial charge in [-0.15, -0.1) is 6.42 Å². The quantitative estimate of drug-likeness (QED) is 0.305. The molecule has 1 N–H and O–H groups in total. The number of unbranched alkanes of at least 4 members (excludes halogenated alkanes) is 1. The van der Waals surface area contributed by atoms with Crippen molar-refractivity contribution in [3.05, 3.63) is 65.9 Å². The number of rotatable bonds is 11. The van der Waals surface area contributed by atoms with Gasteiger partial charge in [-0.2, -0.15) is 0 Å². The van der Waals surface area contributed by atoms with Gasteiger partial charge in [0, 0.05) is 29.7 Å². The third kappa shape index (κ3) is 7.12. The second kappa shape index (κ2) is 11.9. The first-order valence-electron chi connectivity index (χ1n) is 12.3. The number of ether oxygens (including phenoxy) is 1. The Morgan fingerprint density at radius 1 is 1.09 bits per heavy atom. The zero-order valence-electron chi connectivity index (χ0n) is 19.9. The van der Waals surface area contributed by atoms with Crippen molar-refractivity contribution in [3.8, 4) is 18.1 Å². The molecule has 4 nitrogen and oxygen atoms in total. The van der Waals surface area contributed by atoms with Gasteiger partial charge in [0.1, 0.15) is 5.75 Å². The molecule has 0 unspecified atom stereocenters. The monoisotopic (exact) mass is 443 g/mol. The largest absolute Gasteiger partial charge is 0.494 e. The van der Waals surface area contributed by atoms with Crippen molar-refractivity contribution < 1.29 is 4.74 Å². The predicted molar refractivity (Wildman–Crippen MR) is 137 cm³/mol. The Balaban J connectivity index is 1.13. The van der Waals surface area contributed by atoms with Gasteiger partial charge in [0.15, 0.2) is 0 Å². The van der Waals surface area contributed by atoms with Crippen LogP contribution >= 0.6 is 0 Å². The van der Waals surface area contributed by atoms with E-state index in [9.17, 15) is 0 Å². The molecule has 4 heteroatoms. The number of nitrogens with zero attached hydrogens (tertiary/aromatic N) is 2. The molecule has 0 amide bonds. The van der Waals surface area contributed by atoms with Gasteiger partial charge in [-0.25, -0.2) is 0 Å². The smallest absolute Gasteiger partial charge is 0.120 e. The van der Waals surface area contributed by atoms with Crippen LogP contribution in [0.4, 0.5) is 0 Å². The molecule has 33 heavy (non-hydrogen) atoms. The van der Waals surface area contributed by atoms with Crippen LogP contribution in [-0.2, 0) is 13.1 Å². The van der Waals surface area contributed by atoms with E-state index >= 15 is 0 Å². The highest BCUT2D eigenvalue weighted by Crippen LogP contribution is 2.25. The van der Waals surface area contributed by atoms with E-state index < -0.39 is 0 Å². The average Bonchev–Trinajstić information content (AvgIpc) is 3.22. The highest BCUT2D eigenvalue weighted by atomic mass is 16.5. The summed E-state index contributed by atoms with van der Waals surface area (Å²) in [5.41, 5.74) is 3.75. The number of nitrogens with one attached hydrogen (secondary N) is 1. The van der Waals surface area contributed by atoms with Crippen molar-refractivity contribution in [1.29, 1.82) is 0 Å². The molecular formula is C29H37N3O. The second-order valence-electron chi connectivity index (χ2n) is 9.47. The van der Waals surface area contributed by atoms with Crippen LogP contribution in [0.2, 0.25) is 0 Å². The molecular weight excluding hydrogens is 406 g/mol. The fourth-order valence-corrected chi connectivity index (χ4v) is 4.85. The zero-order valence-corrected chi connectivity index (χ0v) is 19.9. The SMILES string of the molecule is C#CCN(C)Cc1cc2cc(OCCCCC3CCN(Cc4ccccc4)CC3)ccc2[nH]1. The lowest BCUT2D eigenvalue weighted by molar-refractivity contribution is 0.169. The molecule has 0 saturated carbocycles. The second-order valence-corrected chi connectivity index (χ2v) is 9.47. The highest BCUT2D eigenvalue weighted by Gasteiger charge is 2.18. The molecule has 2 aromatic carbocycles. The first kappa shape index (κ1) is 23.4. The summed E-state index contributed by atoms with van der Waals surface area (Å²) in [6.07, 6.45) is 11.8. The summed E-state index contributed by atoms with van der Waals surface area (Å²) in [5.74, 6) is 4.52. The van der Waals surface area contributed by atoms with Gasteiger partial charge in [-0.05, 0) is 81.6 Å². The molecule has 2 heterocycles. The summed E-state index contributed by atoms with van der Waals surface area (Å²) in [5, 5.41) is 1.19.